The van der Waals surface area contributed by atoms with Crippen molar-refractivity contribution < 1.29 is 14.3 Å². The van der Waals surface area contributed by atoms with Gasteiger partial charge in [-0.05, 0) is 36.8 Å². The lowest BCUT2D eigenvalue weighted by atomic mass is 10.2. The molecule has 0 bridgehead atoms. The van der Waals surface area contributed by atoms with E-state index in [1.807, 2.05) is 13.0 Å². The van der Waals surface area contributed by atoms with Crippen LogP contribution in [-0.4, -0.2) is 23.9 Å². The number of hydrogen-bond donors (Lipinski definition) is 2. The number of anilines is 1. The number of thiophene rings is 1. The number of halogens is 1. The number of carbonyl (C=O) groups is 2. The van der Waals surface area contributed by atoms with E-state index in [1.54, 1.807) is 42.6 Å². The zero-order valence-corrected chi connectivity index (χ0v) is 16.9. The van der Waals surface area contributed by atoms with Crippen molar-refractivity contribution in [1.29, 1.82) is 0 Å². The topological polar surface area (TPSA) is 80.3 Å². The Bertz CT molecular complexity index is 1020. The van der Waals surface area contributed by atoms with Crippen molar-refractivity contribution in [3.63, 3.8) is 0 Å². The van der Waals surface area contributed by atoms with E-state index >= 15 is 0 Å². The average Bonchev–Trinajstić information content (AvgIpc) is 3.06. The highest BCUT2D eigenvalue weighted by Crippen LogP contribution is 2.28. The number of hydrogen-bond acceptors (Lipinski definition) is 5. The van der Waals surface area contributed by atoms with Crippen molar-refractivity contribution in [1.82, 2.24) is 10.3 Å². The summed E-state index contributed by atoms with van der Waals surface area (Å²) in [5, 5.41) is 6.60. The summed E-state index contributed by atoms with van der Waals surface area (Å²) in [7, 11) is 1.53. The Morgan fingerprint density at radius 2 is 1.96 bits per heavy atom. The summed E-state index contributed by atoms with van der Waals surface area (Å²) in [6.07, 6.45) is 1.63. The molecule has 0 spiro atoms. The Kier molecular flexibility index (Phi) is 6.28. The van der Waals surface area contributed by atoms with Crippen LogP contribution in [0.2, 0.25) is 5.02 Å². The Balaban J connectivity index is 1.68. The van der Waals surface area contributed by atoms with Crippen molar-refractivity contribution >= 4 is 39.8 Å². The molecule has 0 radical (unpaired) electrons. The first-order chi connectivity index (χ1) is 13.5. The van der Waals surface area contributed by atoms with E-state index in [0.717, 1.165) is 11.1 Å². The minimum Gasteiger partial charge on any atom is -0.481 e. The van der Waals surface area contributed by atoms with Gasteiger partial charge in [-0.15, -0.1) is 11.3 Å². The molecule has 0 saturated heterocycles. The summed E-state index contributed by atoms with van der Waals surface area (Å²) in [4.78, 5) is 29.6. The van der Waals surface area contributed by atoms with E-state index in [0.29, 0.717) is 26.3 Å². The number of carbonyl (C=O) groups excluding carboxylic acids is 2. The summed E-state index contributed by atoms with van der Waals surface area (Å²) < 4.78 is 5.19. The SMILES string of the molecule is COc1ncccc1CNC(=O)c1sc(NC(=O)c2ccccc2Cl)cc1C. The molecule has 2 N–H and O–H groups in total. The predicted molar refractivity (Wildman–Crippen MR) is 110 cm³/mol. The molecule has 3 aromatic rings. The molecule has 0 aliphatic rings. The third kappa shape index (κ3) is 4.49. The Labute approximate surface area is 171 Å². The Morgan fingerprint density at radius 1 is 1.18 bits per heavy atom. The van der Waals surface area contributed by atoms with Crippen LogP contribution >= 0.6 is 22.9 Å². The summed E-state index contributed by atoms with van der Waals surface area (Å²) in [5.74, 6) is -0.0797. The first kappa shape index (κ1) is 19.9. The number of aryl methyl sites for hydroxylation is 1. The molecule has 2 heterocycles. The van der Waals surface area contributed by atoms with Crippen LogP contribution < -0.4 is 15.4 Å². The van der Waals surface area contributed by atoms with Crippen LogP contribution in [0.25, 0.3) is 0 Å². The number of nitrogens with one attached hydrogen (secondary N) is 2. The van der Waals surface area contributed by atoms with E-state index < -0.39 is 0 Å². The number of benzene rings is 1. The molecule has 6 nitrogen and oxygen atoms in total. The molecule has 2 amide bonds. The molecular formula is C20H18ClN3O3S. The number of pyridine rings is 1. The fourth-order valence-electron chi connectivity index (χ4n) is 2.59. The van der Waals surface area contributed by atoms with Gasteiger partial charge in [-0.25, -0.2) is 4.98 Å². The average molecular weight is 416 g/mol. The second kappa shape index (κ2) is 8.86. The van der Waals surface area contributed by atoms with E-state index in [2.05, 4.69) is 15.6 Å². The maximum atomic E-state index is 12.6. The van der Waals surface area contributed by atoms with Crippen LogP contribution in [0.4, 0.5) is 5.00 Å². The minimum atomic E-state index is -0.320. The molecule has 0 saturated carbocycles. The number of aromatic nitrogens is 1. The number of methoxy groups -OCH3 is 1. The van der Waals surface area contributed by atoms with Gasteiger partial charge in [-0.1, -0.05) is 29.8 Å². The Morgan fingerprint density at radius 3 is 2.71 bits per heavy atom. The quantitative estimate of drug-likeness (QED) is 0.629. The molecule has 28 heavy (non-hydrogen) atoms. The van der Waals surface area contributed by atoms with Crippen LogP contribution in [0.3, 0.4) is 0 Å². The maximum absolute atomic E-state index is 12.6. The van der Waals surface area contributed by atoms with Crippen LogP contribution in [-0.2, 0) is 6.54 Å². The standard InChI is InChI=1S/C20H18ClN3O3S/c1-12-10-16(24-18(25)14-7-3-4-8-15(14)21)28-17(12)19(26)23-11-13-6-5-9-22-20(13)27-2/h3-10H,11H2,1-2H3,(H,23,26)(H,24,25). The van der Waals surface area contributed by atoms with Gasteiger partial charge in [0.2, 0.25) is 5.88 Å². The molecule has 8 heteroatoms. The van der Waals surface area contributed by atoms with Gasteiger partial charge in [0.15, 0.2) is 0 Å². The second-order valence-corrected chi connectivity index (χ2v) is 7.37. The van der Waals surface area contributed by atoms with Gasteiger partial charge < -0.3 is 15.4 Å². The van der Waals surface area contributed by atoms with Crippen LogP contribution in [0.5, 0.6) is 5.88 Å². The second-order valence-electron chi connectivity index (χ2n) is 5.91. The smallest absolute Gasteiger partial charge is 0.261 e. The Hall–Kier alpha value is -2.90. The fraction of sp³-hybridized carbons (Fsp3) is 0.150. The molecule has 0 fully saturated rings. The molecule has 0 aliphatic carbocycles. The third-order valence-corrected chi connectivity index (χ3v) is 5.44. The van der Waals surface area contributed by atoms with Crippen LogP contribution in [0.15, 0.2) is 48.7 Å². The maximum Gasteiger partial charge on any atom is 0.261 e. The number of amides is 2. The molecule has 0 atom stereocenters. The third-order valence-electron chi connectivity index (χ3n) is 3.96. The first-order valence-electron chi connectivity index (χ1n) is 8.42. The zero-order valence-electron chi connectivity index (χ0n) is 15.3. The normalized spacial score (nSPS) is 10.4. The lowest BCUT2D eigenvalue weighted by molar-refractivity contribution is 0.0953. The van der Waals surface area contributed by atoms with Gasteiger partial charge in [0, 0.05) is 18.3 Å². The summed E-state index contributed by atoms with van der Waals surface area (Å²) in [6, 6.07) is 12.2. The van der Waals surface area contributed by atoms with Gasteiger partial charge in [-0.2, -0.15) is 0 Å². The van der Waals surface area contributed by atoms with Crippen molar-refractivity contribution in [3.8, 4) is 5.88 Å². The van der Waals surface area contributed by atoms with Crippen LogP contribution in [0, 0.1) is 6.92 Å². The van der Waals surface area contributed by atoms with Crippen molar-refractivity contribution in [2.24, 2.45) is 0 Å². The zero-order chi connectivity index (χ0) is 20.1. The molecule has 144 valence electrons. The van der Waals surface area contributed by atoms with Gasteiger partial charge in [-0.3, -0.25) is 9.59 Å². The lowest BCUT2D eigenvalue weighted by Gasteiger charge is -2.08. The van der Waals surface area contributed by atoms with E-state index in [4.69, 9.17) is 16.3 Å². The summed E-state index contributed by atoms with van der Waals surface area (Å²) in [6.45, 7) is 2.11. The van der Waals surface area contributed by atoms with Gasteiger partial charge in [0.05, 0.1) is 27.6 Å². The minimum absolute atomic E-state index is 0.230. The number of nitrogens with zero attached hydrogens (tertiary/aromatic N) is 1. The van der Waals surface area contributed by atoms with Crippen molar-refractivity contribution in [3.05, 3.63) is 75.3 Å². The van der Waals surface area contributed by atoms with Gasteiger partial charge >= 0.3 is 0 Å². The summed E-state index contributed by atoms with van der Waals surface area (Å²) in [5.41, 5.74) is 1.93. The number of rotatable bonds is 6. The largest absolute Gasteiger partial charge is 0.481 e. The molecule has 0 aliphatic heterocycles. The van der Waals surface area contributed by atoms with Crippen molar-refractivity contribution in [2.45, 2.75) is 13.5 Å². The molecular weight excluding hydrogens is 398 g/mol. The number of ether oxygens (including phenoxy) is 1. The molecule has 0 unspecified atom stereocenters. The van der Waals surface area contributed by atoms with Gasteiger partial charge in [0.1, 0.15) is 0 Å². The van der Waals surface area contributed by atoms with Crippen LogP contribution in [0.1, 0.15) is 31.2 Å². The fourth-order valence-corrected chi connectivity index (χ4v) is 3.80. The van der Waals surface area contributed by atoms with Gasteiger partial charge in [0.25, 0.3) is 11.8 Å². The molecule has 1 aromatic carbocycles. The van der Waals surface area contributed by atoms with E-state index in [1.165, 1.54) is 18.4 Å². The predicted octanol–water partition coefficient (Wildman–Crippen LogP) is 4.30. The lowest BCUT2D eigenvalue weighted by Crippen LogP contribution is -2.22. The van der Waals surface area contributed by atoms with E-state index in [-0.39, 0.29) is 18.4 Å². The highest BCUT2D eigenvalue weighted by atomic mass is 35.5. The van der Waals surface area contributed by atoms with E-state index in [9.17, 15) is 9.59 Å². The highest BCUT2D eigenvalue weighted by Gasteiger charge is 2.17. The van der Waals surface area contributed by atoms with Crippen molar-refractivity contribution in [2.75, 3.05) is 12.4 Å². The monoisotopic (exact) mass is 415 g/mol. The summed E-state index contributed by atoms with van der Waals surface area (Å²) >= 11 is 7.27. The highest BCUT2D eigenvalue weighted by molar-refractivity contribution is 7.18. The molecule has 2 aromatic heterocycles. The molecule has 3 rings (SSSR count). The first-order valence-corrected chi connectivity index (χ1v) is 9.61.